The van der Waals surface area contributed by atoms with Gasteiger partial charge in [-0.05, 0) is 30.4 Å². The summed E-state index contributed by atoms with van der Waals surface area (Å²) in [5.41, 5.74) is 3.29. The summed E-state index contributed by atoms with van der Waals surface area (Å²) in [7, 11) is 1.39. The first kappa shape index (κ1) is 12.4. The van der Waals surface area contributed by atoms with E-state index in [0.29, 0.717) is 11.6 Å². The third-order valence-electron chi connectivity index (χ3n) is 3.61. The number of esters is 1. The molecule has 0 aliphatic heterocycles. The second-order valence-corrected chi connectivity index (χ2v) is 5.66. The number of methoxy groups -OCH3 is 1. The van der Waals surface area contributed by atoms with Gasteiger partial charge >= 0.3 is 5.97 Å². The number of rotatable bonds is 2. The van der Waals surface area contributed by atoms with Gasteiger partial charge in [0, 0.05) is 11.3 Å². The van der Waals surface area contributed by atoms with E-state index in [0.717, 1.165) is 24.3 Å². The van der Waals surface area contributed by atoms with Crippen LogP contribution in [0.3, 0.4) is 0 Å². The van der Waals surface area contributed by atoms with Crippen LogP contribution in [0.5, 0.6) is 0 Å². The Bertz CT molecular complexity index is 606. The molecule has 0 amide bonds. The highest BCUT2D eigenvalue weighted by Gasteiger charge is 2.23. The van der Waals surface area contributed by atoms with E-state index in [9.17, 15) is 4.79 Å². The van der Waals surface area contributed by atoms with E-state index in [1.807, 2.05) is 0 Å². The zero-order valence-electron chi connectivity index (χ0n) is 10.8. The highest BCUT2D eigenvalue weighted by molar-refractivity contribution is 7.09. The maximum atomic E-state index is 11.4. The van der Waals surface area contributed by atoms with Gasteiger partial charge < -0.3 is 4.74 Å². The van der Waals surface area contributed by atoms with Crippen LogP contribution in [-0.4, -0.2) is 18.1 Å². The van der Waals surface area contributed by atoms with Crippen LogP contribution in [0.4, 0.5) is 0 Å². The first-order chi connectivity index (χ1) is 9.28. The Morgan fingerprint density at radius 3 is 2.95 bits per heavy atom. The molecule has 0 N–H and O–H groups in total. The van der Waals surface area contributed by atoms with Crippen LogP contribution in [0.2, 0.25) is 0 Å². The average molecular weight is 273 g/mol. The van der Waals surface area contributed by atoms with Gasteiger partial charge in [-0.25, -0.2) is 9.78 Å². The molecular weight excluding hydrogens is 258 g/mol. The SMILES string of the molecule is COC(=O)c1csc(C2CCc3ccccc3C2)n1. The zero-order chi connectivity index (χ0) is 13.2. The number of aromatic nitrogens is 1. The summed E-state index contributed by atoms with van der Waals surface area (Å²) >= 11 is 1.56. The van der Waals surface area contributed by atoms with Gasteiger partial charge in [-0.1, -0.05) is 24.3 Å². The number of nitrogens with zero attached hydrogens (tertiary/aromatic N) is 1. The first-order valence-corrected chi connectivity index (χ1v) is 7.26. The average Bonchev–Trinajstić information content (AvgIpc) is 2.95. The van der Waals surface area contributed by atoms with Gasteiger partial charge in [0.2, 0.25) is 0 Å². The number of aryl methyl sites for hydroxylation is 1. The van der Waals surface area contributed by atoms with Crippen molar-refractivity contribution in [3.8, 4) is 0 Å². The number of benzene rings is 1. The molecule has 3 rings (SSSR count). The fourth-order valence-corrected chi connectivity index (χ4v) is 3.51. The van der Waals surface area contributed by atoms with Crippen LogP contribution in [0.25, 0.3) is 0 Å². The van der Waals surface area contributed by atoms with Gasteiger partial charge in [-0.2, -0.15) is 0 Å². The standard InChI is InChI=1S/C15H15NO2S/c1-18-15(17)13-9-19-14(16-13)12-7-6-10-4-2-3-5-11(10)8-12/h2-5,9,12H,6-8H2,1H3. The molecule has 1 aliphatic rings. The van der Waals surface area contributed by atoms with Crippen molar-refractivity contribution >= 4 is 17.3 Å². The third kappa shape index (κ3) is 2.40. The number of ether oxygens (including phenoxy) is 1. The molecule has 1 aliphatic carbocycles. The Morgan fingerprint density at radius 1 is 1.37 bits per heavy atom. The lowest BCUT2D eigenvalue weighted by Crippen LogP contribution is -2.13. The molecule has 1 unspecified atom stereocenters. The minimum atomic E-state index is -0.348. The summed E-state index contributed by atoms with van der Waals surface area (Å²) < 4.78 is 4.70. The maximum Gasteiger partial charge on any atom is 0.357 e. The van der Waals surface area contributed by atoms with Crippen molar-refractivity contribution in [1.82, 2.24) is 4.98 Å². The third-order valence-corrected chi connectivity index (χ3v) is 4.62. The molecule has 4 heteroatoms. The van der Waals surface area contributed by atoms with Crippen LogP contribution in [0.1, 0.15) is 39.0 Å². The van der Waals surface area contributed by atoms with E-state index in [1.165, 1.54) is 18.2 Å². The van der Waals surface area contributed by atoms with Crippen molar-refractivity contribution in [3.63, 3.8) is 0 Å². The Balaban J connectivity index is 1.81. The van der Waals surface area contributed by atoms with Gasteiger partial charge in [0.15, 0.2) is 5.69 Å². The Morgan fingerprint density at radius 2 is 2.16 bits per heavy atom. The van der Waals surface area contributed by atoms with Crippen molar-refractivity contribution in [2.24, 2.45) is 0 Å². The molecular formula is C15H15NO2S. The van der Waals surface area contributed by atoms with Gasteiger partial charge in [0.1, 0.15) is 0 Å². The van der Waals surface area contributed by atoms with E-state index in [2.05, 4.69) is 29.2 Å². The van der Waals surface area contributed by atoms with Crippen LogP contribution < -0.4 is 0 Å². The number of fused-ring (bicyclic) bond motifs is 1. The second kappa shape index (κ2) is 5.13. The molecule has 98 valence electrons. The number of hydrogen-bond acceptors (Lipinski definition) is 4. The van der Waals surface area contributed by atoms with Gasteiger partial charge in [0.05, 0.1) is 12.1 Å². The monoisotopic (exact) mass is 273 g/mol. The fourth-order valence-electron chi connectivity index (χ4n) is 2.58. The van der Waals surface area contributed by atoms with Crippen molar-refractivity contribution in [2.75, 3.05) is 7.11 Å². The molecule has 0 fully saturated rings. The molecule has 0 radical (unpaired) electrons. The molecule has 1 atom stereocenters. The topological polar surface area (TPSA) is 39.2 Å². The van der Waals surface area contributed by atoms with E-state index >= 15 is 0 Å². The summed E-state index contributed by atoms with van der Waals surface area (Å²) in [6, 6.07) is 8.57. The molecule has 0 saturated carbocycles. The fraction of sp³-hybridized carbons (Fsp3) is 0.333. The van der Waals surface area contributed by atoms with Crippen molar-refractivity contribution < 1.29 is 9.53 Å². The van der Waals surface area contributed by atoms with Crippen LogP contribution in [0, 0.1) is 0 Å². The molecule has 0 bridgehead atoms. The highest BCUT2D eigenvalue weighted by Crippen LogP contribution is 2.34. The predicted molar refractivity (Wildman–Crippen MR) is 74.7 cm³/mol. The van der Waals surface area contributed by atoms with Crippen molar-refractivity contribution in [1.29, 1.82) is 0 Å². The van der Waals surface area contributed by atoms with Crippen LogP contribution in [-0.2, 0) is 17.6 Å². The molecule has 0 spiro atoms. The van der Waals surface area contributed by atoms with Gasteiger partial charge in [-0.15, -0.1) is 11.3 Å². The number of hydrogen-bond donors (Lipinski definition) is 0. The molecule has 3 nitrogen and oxygen atoms in total. The minimum Gasteiger partial charge on any atom is -0.464 e. The smallest absolute Gasteiger partial charge is 0.357 e. The summed E-state index contributed by atoms with van der Waals surface area (Å²) in [5.74, 6) is 0.0806. The second-order valence-electron chi connectivity index (χ2n) is 4.77. The lowest BCUT2D eigenvalue weighted by Gasteiger charge is -2.22. The first-order valence-electron chi connectivity index (χ1n) is 6.38. The zero-order valence-corrected chi connectivity index (χ0v) is 11.6. The van der Waals surface area contributed by atoms with Crippen molar-refractivity contribution in [2.45, 2.75) is 25.2 Å². The van der Waals surface area contributed by atoms with Gasteiger partial charge in [-0.3, -0.25) is 0 Å². The van der Waals surface area contributed by atoms with E-state index < -0.39 is 0 Å². The molecule has 0 saturated heterocycles. The Hall–Kier alpha value is -1.68. The maximum absolute atomic E-state index is 11.4. The lowest BCUT2D eigenvalue weighted by atomic mass is 9.84. The number of carbonyl (C=O) groups excluding carboxylic acids is 1. The number of carbonyl (C=O) groups is 1. The molecule has 1 aromatic heterocycles. The van der Waals surface area contributed by atoms with Crippen LogP contribution >= 0.6 is 11.3 Å². The summed E-state index contributed by atoms with van der Waals surface area (Å²) in [6.45, 7) is 0. The predicted octanol–water partition coefficient (Wildman–Crippen LogP) is 3.20. The van der Waals surface area contributed by atoms with Gasteiger partial charge in [0.25, 0.3) is 0 Å². The summed E-state index contributed by atoms with van der Waals surface area (Å²) in [4.78, 5) is 15.9. The molecule has 1 heterocycles. The summed E-state index contributed by atoms with van der Waals surface area (Å²) in [5, 5.41) is 2.84. The molecule has 19 heavy (non-hydrogen) atoms. The quantitative estimate of drug-likeness (QED) is 0.789. The van der Waals surface area contributed by atoms with E-state index in [1.54, 1.807) is 16.7 Å². The Kier molecular flexibility index (Phi) is 3.34. The number of thiazole rings is 1. The van der Waals surface area contributed by atoms with Crippen LogP contribution in [0.15, 0.2) is 29.6 Å². The molecule has 1 aromatic carbocycles. The highest BCUT2D eigenvalue weighted by atomic mass is 32.1. The minimum absolute atomic E-state index is 0.348. The van der Waals surface area contributed by atoms with E-state index in [4.69, 9.17) is 4.74 Å². The lowest BCUT2D eigenvalue weighted by molar-refractivity contribution is 0.0594. The van der Waals surface area contributed by atoms with E-state index in [-0.39, 0.29) is 5.97 Å². The Labute approximate surface area is 116 Å². The van der Waals surface area contributed by atoms with Crippen molar-refractivity contribution in [3.05, 3.63) is 51.5 Å². The largest absolute Gasteiger partial charge is 0.464 e. The molecule has 2 aromatic rings. The summed E-state index contributed by atoms with van der Waals surface area (Å²) in [6.07, 6.45) is 3.21. The normalized spacial score (nSPS) is 17.8.